The van der Waals surface area contributed by atoms with Crippen molar-refractivity contribution in [1.29, 1.82) is 0 Å². The molecule has 0 radical (unpaired) electrons. The number of rotatable bonds is 13. The van der Waals surface area contributed by atoms with Gasteiger partial charge in [0, 0.05) is 23.7 Å². The van der Waals surface area contributed by atoms with Crippen molar-refractivity contribution >= 4 is 47.3 Å². The lowest BCUT2D eigenvalue weighted by Gasteiger charge is -2.18. The fourth-order valence-electron chi connectivity index (χ4n) is 3.33. The summed E-state index contributed by atoms with van der Waals surface area (Å²) in [6.07, 6.45) is -0.674. The van der Waals surface area contributed by atoms with E-state index in [0.717, 1.165) is 21.8 Å². The van der Waals surface area contributed by atoms with Gasteiger partial charge in [0.05, 0.1) is 12.5 Å². The van der Waals surface area contributed by atoms with E-state index in [1.807, 2.05) is 38.1 Å². The predicted molar refractivity (Wildman–Crippen MR) is 152 cm³/mol. The second-order valence-electron chi connectivity index (χ2n) is 8.43. The van der Waals surface area contributed by atoms with E-state index in [1.165, 1.54) is 0 Å². The number of anilines is 2. The molecule has 2 N–H and O–H groups in total. The molecule has 0 saturated carbocycles. The number of nitrogens with one attached hydrogen (secondary N) is 2. The first-order chi connectivity index (χ1) is 18.8. The van der Waals surface area contributed by atoms with Crippen molar-refractivity contribution in [3.8, 4) is 0 Å². The first-order valence-electron chi connectivity index (χ1n) is 12.9. The molecule has 1 atom stereocenters. The number of ether oxygens (including phenoxy) is 3. The summed E-state index contributed by atoms with van der Waals surface area (Å²) in [6, 6.07) is 14.1. The lowest BCUT2D eigenvalue weighted by Crippen LogP contribution is -2.40. The smallest absolute Gasteiger partial charge is 0.417 e. The summed E-state index contributed by atoms with van der Waals surface area (Å²) in [7, 11) is 0. The number of urea groups is 1. The first kappa shape index (κ1) is 31.5. The SMILES string of the molecule is CCOC(=O)N(CC)C(=O)Nc1ccc(Cc2ccc(NC(=O)OCCOC(=O)C(C)CSCC)cc2)cc1. The molecule has 11 heteroatoms. The van der Waals surface area contributed by atoms with Gasteiger partial charge < -0.3 is 19.5 Å². The van der Waals surface area contributed by atoms with Crippen molar-refractivity contribution in [3.63, 3.8) is 0 Å². The Morgan fingerprint density at radius 1 is 0.821 bits per heavy atom. The van der Waals surface area contributed by atoms with Crippen molar-refractivity contribution in [3.05, 3.63) is 59.7 Å². The summed E-state index contributed by atoms with van der Waals surface area (Å²) < 4.78 is 15.1. The Kier molecular flexibility index (Phi) is 13.7. The number of thioether (sulfide) groups is 1. The van der Waals surface area contributed by atoms with Gasteiger partial charge in [0.25, 0.3) is 0 Å². The van der Waals surface area contributed by atoms with Gasteiger partial charge in [-0.3, -0.25) is 10.1 Å². The summed E-state index contributed by atoms with van der Waals surface area (Å²) in [4.78, 5) is 49.1. The first-order valence-corrected chi connectivity index (χ1v) is 14.0. The molecule has 212 valence electrons. The molecule has 10 nitrogen and oxygen atoms in total. The zero-order chi connectivity index (χ0) is 28.6. The van der Waals surface area contributed by atoms with Crippen LogP contribution in [0.4, 0.5) is 25.8 Å². The molecule has 0 aliphatic rings. The van der Waals surface area contributed by atoms with E-state index in [9.17, 15) is 19.2 Å². The van der Waals surface area contributed by atoms with Crippen molar-refractivity contribution < 1.29 is 33.4 Å². The molecule has 0 aliphatic carbocycles. The van der Waals surface area contributed by atoms with Crippen molar-refractivity contribution in [2.24, 2.45) is 5.92 Å². The second-order valence-corrected chi connectivity index (χ2v) is 9.75. The van der Waals surface area contributed by atoms with E-state index >= 15 is 0 Å². The number of carbonyl (C=O) groups is 4. The van der Waals surface area contributed by atoms with Crippen LogP contribution in [0.1, 0.15) is 38.8 Å². The molecule has 0 saturated heterocycles. The summed E-state index contributed by atoms with van der Waals surface area (Å²) in [5.41, 5.74) is 3.17. The third-order valence-corrected chi connectivity index (χ3v) is 6.54. The van der Waals surface area contributed by atoms with Crippen molar-refractivity contribution in [2.45, 2.75) is 34.1 Å². The van der Waals surface area contributed by atoms with Crippen molar-refractivity contribution in [2.75, 3.05) is 48.5 Å². The standard InChI is InChI=1S/C28H37N3O7S/c1-5-31(28(35)36-6-2)26(33)29-23-12-8-21(9-13-23)18-22-10-14-24(15-11-22)30-27(34)38-17-16-37-25(32)20(4)19-39-7-3/h8-15,20H,5-7,16-19H2,1-4H3,(H,29,33)(H,30,34). The molecular weight excluding hydrogens is 522 g/mol. The van der Waals surface area contributed by atoms with Crippen LogP contribution < -0.4 is 10.6 Å². The topological polar surface area (TPSA) is 123 Å². The van der Waals surface area contributed by atoms with Crippen LogP contribution in [-0.2, 0) is 25.4 Å². The lowest BCUT2D eigenvalue weighted by atomic mass is 10.0. The minimum atomic E-state index is -0.687. The van der Waals surface area contributed by atoms with E-state index in [1.54, 1.807) is 49.9 Å². The van der Waals surface area contributed by atoms with Crippen molar-refractivity contribution in [1.82, 2.24) is 4.90 Å². The van der Waals surface area contributed by atoms with Crippen LogP contribution in [0.2, 0.25) is 0 Å². The fraction of sp³-hybridized carbons (Fsp3) is 0.429. The molecule has 0 aliphatic heterocycles. The highest BCUT2D eigenvalue weighted by Crippen LogP contribution is 2.17. The van der Waals surface area contributed by atoms with Gasteiger partial charge in [-0.1, -0.05) is 38.1 Å². The molecule has 0 spiro atoms. The van der Waals surface area contributed by atoms with Crippen LogP contribution in [0, 0.1) is 5.92 Å². The summed E-state index contributed by atoms with van der Waals surface area (Å²) in [5.74, 6) is 1.14. The Bertz CT molecular complexity index is 1080. The Morgan fingerprint density at radius 3 is 1.92 bits per heavy atom. The molecule has 0 bridgehead atoms. The van der Waals surface area contributed by atoms with Gasteiger partial charge in [-0.15, -0.1) is 0 Å². The van der Waals surface area contributed by atoms with Crippen LogP contribution >= 0.6 is 11.8 Å². The van der Waals surface area contributed by atoms with E-state index in [0.29, 0.717) is 23.5 Å². The van der Waals surface area contributed by atoms with Gasteiger partial charge in [-0.2, -0.15) is 11.8 Å². The molecule has 39 heavy (non-hydrogen) atoms. The number of hydrogen-bond donors (Lipinski definition) is 2. The highest BCUT2D eigenvalue weighted by atomic mass is 32.2. The minimum Gasteiger partial charge on any atom is -0.462 e. The molecule has 0 heterocycles. The van der Waals surface area contributed by atoms with Crippen LogP contribution in [-0.4, -0.2) is 67.0 Å². The molecule has 2 aromatic rings. The average molecular weight is 560 g/mol. The van der Waals surface area contributed by atoms with Gasteiger partial charge >= 0.3 is 24.2 Å². The number of amides is 4. The molecule has 4 amide bonds. The Labute approximate surface area is 233 Å². The van der Waals surface area contributed by atoms with Crippen LogP contribution in [0.25, 0.3) is 0 Å². The van der Waals surface area contributed by atoms with E-state index < -0.39 is 18.2 Å². The summed E-state index contributed by atoms with van der Waals surface area (Å²) in [6.45, 7) is 7.58. The average Bonchev–Trinajstić information content (AvgIpc) is 2.92. The summed E-state index contributed by atoms with van der Waals surface area (Å²) in [5, 5.41) is 5.34. The number of hydrogen-bond acceptors (Lipinski definition) is 8. The maximum absolute atomic E-state index is 12.4. The number of benzene rings is 2. The lowest BCUT2D eigenvalue weighted by molar-refractivity contribution is -0.148. The third kappa shape index (κ3) is 11.3. The Hall–Kier alpha value is -3.73. The van der Waals surface area contributed by atoms with Crippen LogP contribution in [0.5, 0.6) is 0 Å². The van der Waals surface area contributed by atoms with E-state index in [2.05, 4.69) is 10.6 Å². The molecule has 1 unspecified atom stereocenters. The molecule has 2 aromatic carbocycles. The molecule has 0 aromatic heterocycles. The molecular formula is C28H37N3O7S. The molecule has 2 rings (SSSR count). The van der Waals surface area contributed by atoms with Crippen LogP contribution in [0.15, 0.2) is 48.5 Å². The minimum absolute atomic E-state index is 0.0110. The van der Waals surface area contributed by atoms with E-state index in [4.69, 9.17) is 14.2 Å². The van der Waals surface area contributed by atoms with Gasteiger partial charge in [0.15, 0.2) is 0 Å². The normalized spacial score (nSPS) is 11.2. The zero-order valence-electron chi connectivity index (χ0n) is 22.9. The second kappa shape index (κ2) is 17.0. The number of imide groups is 1. The van der Waals surface area contributed by atoms with Gasteiger partial charge in [0.1, 0.15) is 13.2 Å². The summed E-state index contributed by atoms with van der Waals surface area (Å²) >= 11 is 1.67. The number of esters is 1. The zero-order valence-corrected chi connectivity index (χ0v) is 23.7. The third-order valence-electron chi connectivity index (χ3n) is 5.40. The number of nitrogens with zero attached hydrogens (tertiary/aromatic N) is 1. The largest absolute Gasteiger partial charge is 0.462 e. The highest BCUT2D eigenvalue weighted by molar-refractivity contribution is 7.99. The maximum Gasteiger partial charge on any atom is 0.417 e. The molecule has 0 fully saturated rings. The predicted octanol–water partition coefficient (Wildman–Crippen LogP) is 5.77. The highest BCUT2D eigenvalue weighted by Gasteiger charge is 2.20. The monoisotopic (exact) mass is 559 g/mol. The fourth-order valence-corrected chi connectivity index (χ4v) is 4.06. The van der Waals surface area contributed by atoms with Crippen LogP contribution in [0.3, 0.4) is 0 Å². The quantitative estimate of drug-likeness (QED) is 0.180. The van der Waals surface area contributed by atoms with Gasteiger partial charge in [-0.05, 0) is 61.4 Å². The maximum atomic E-state index is 12.4. The van der Waals surface area contributed by atoms with E-state index in [-0.39, 0.29) is 38.3 Å². The van der Waals surface area contributed by atoms with Gasteiger partial charge in [-0.25, -0.2) is 19.3 Å². The number of carbonyl (C=O) groups excluding carboxylic acids is 4. The Balaban J connectivity index is 1.77. The Morgan fingerprint density at radius 2 is 1.38 bits per heavy atom. The van der Waals surface area contributed by atoms with Gasteiger partial charge in [0.2, 0.25) is 0 Å².